The van der Waals surface area contributed by atoms with Crippen LogP contribution in [0.4, 0.5) is 8.78 Å². The van der Waals surface area contributed by atoms with Crippen molar-refractivity contribution in [2.75, 3.05) is 26.8 Å². The molecular formula is C14H19F2NO. The second-order valence-corrected chi connectivity index (χ2v) is 4.03. The molecule has 4 heteroatoms. The molecule has 0 saturated heterocycles. The van der Waals surface area contributed by atoms with Crippen molar-refractivity contribution in [3.05, 3.63) is 41.0 Å². The molecule has 0 bridgehead atoms. The van der Waals surface area contributed by atoms with Gasteiger partial charge in [-0.25, -0.2) is 8.78 Å². The number of methoxy groups -OCH3 is 1. The molecule has 0 unspecified atom stereocenters. The molecule has 1 rings (SSSR count). The Labute approximate surface area is 107 Å². The minimum Gasteiger partial charge on any atom is -0.383 e. The third-order valence-corrected chi connectivity index (χ3v) is 2.57. The Balaban J connectivity index is 2.45. The fourth-order valence-electron chi connectivity index (χ4n) is 1.52. The average molecular weight is 255 g/mol. The monoisotopic (exact) mass is 255 g/mol. The molecule has 0 aliphatic carbocycles. The van der Waals surface area contributed by atoms with Gasteiger partial charge >= 0.3 is 0 Å². The van der Waals surface area contributed by atoms with Crippen molar-refractivity contribution in [2.45, 2.75) is 13.3 Å². The van der Waals surface area contributed by atoms with Crippen molar-refractivity contribution in [3.8, 4) is 0 Å². The first kappa shape index (κ1) is 14.8. The van der Waals surface area contributed by atoms with Crippen molar-refractivity contribution in [2.24, 2.45) is 0 Å². The molecule has 1 aromatic rings. The van der Waals surface area contributed by atoms with Crippen molar-refractivity contribution < 1.29 is 13.5 Å². The third-order valence-electron chi connectivity index (χ3n) is 2.57. The van der Waals surface area contributed by atoms with Gasteiger partial charge in [0.25, 0.3) is 0 Å². The van der Waals surface area contributed by atoms with Crippen LogP contribution < -0.4 is 5.32 Å². The fourth-order valence-corrected chi connectivity index (χ4v) is 1.52. The predicted molar refractivity (Wildman–Crippen MR) is 69.5 cm³/mol. The van der Waals surface area contributed by atoms with Crippen LogP contribution in [0.15, 0.2) is 18.2 Å². The van der Waals surface area contributed by atoms with Crippen LogP contribution in [0.5, 0.6) is 0 Å². The van der Waals surface area contributed by atoms with E-state index in [4.69, 9.17) is 4.74 Å². The Kier molecular flexibility index (Phi) is 6.54. The summed E-state index contributed by atoms with van der Waals surface area (Å²) >= 11 is 0. The van der Waals surface area contributed by atoms with E-state index in [1.54, 1.807) is 20.1 Å². The maximum absolute atomic E-state index is 13.6. The number of hydrogen-bond donors (Lipinski definition) is 1. The molecule has 18 heavy (non-hydrogen) atoms. The lowest BCUT2D eigenvalue weighted by Gasteiger charge is -2.03. The molecule has 0 saturated carbocycles. The summed E-state index contributed by atoms with van der Waals surface area (Å²) in [6.45, 7) is 3.82. The van der Waals surface area contributed by atoms with Gasteiger partial charge < -0.3 is 10.1 Å². The molecule has 0 spiro atoms. The van der Waals surface area contributed by atoms with Crippen LogP contribution >= 0.6 is 0 Å². The number of hydrogen-bond acceptors (Lipinski definition) is 2. The highest BCUT2D eigenvalue weighted by Gasteiger charge is 2.07. The summed E-state index contributed by atoms with van der Waals surface area (Å²) in [6.07, 6.45) is 3.98. The van der Waals surface area contributed by atoms with Gasteiger partial charge in [0.1, 0.15) is 11.6 Å². The number of rotatable bonds is 7. The van der Waals surface area contributed by atoms with E-state index in [2.05, 4.69) is 5.32 Å². The van der Waals surface area contributed by atoms with Crippen molar-refractivity contribution in [1.29, 1.82) is 0 Å². The van der Waals surface area contributed by atoms with Crippen LogP contribution in [0.25, 0.3) is 6.08 Å². The summed E-state index contributed by atoms with van der Waals surface area (Å²) in [7, 11) is 1.64. The highest BCUT2D eigenvalue weighted by molar-refractivity contribution is 5.52. The molecule has 0 radical (unpaired) electrons. The summed E-state index contributed by atoms with van der Waals surface area (Å²) in [6, 6.07) is 2.73. The van der Waals surface area contributed by atoms with Crippen LogP contribution in [0.2, 0.25) is 0 Å². The molecular weight excluding hydrogens is 236 g/mol. The molecule has 0 atom stereocenters. The van der Waals surface area contributed by atoms with Gasteiger partial charge in [-0.3, -0.25) is 0 Å². The van der Waals surface area contributed by atoms with E-state index in [-0.39, 0.29) is 5.56 Å². The summed E-state index contributed by atoms with van der Waals surface area (Å²) in [5.74, 6) is -1.01. The minimum absolute atomic E-state index is 0.0342. The second kappa shape index (κ2) is 7.95. The van der Waals surface area contributed by atoms with E-state index in [0.29, 0.717) is 12.2 Å². The quantitative estimate of drug-likeness (QED) is 0.756. The summed E-state index contributed by atoms with van der Waals surface area (Å²) in [5.41, 5.74) is 0.487. The molecule has 0 fully saturated rings. The first-order valence-electron chi connectivity index (χ1n) is 5.97. The summed E-state index contributed by atoms with van der Waals surface area (Å²) in [4.78, 5) is 0. The first-order valence-corrected chi connectivity index (χ1v) is 5.97. The zero-order chi connectivity index (χ0) is 13.4. The molecule has 0 heterocycles. The van der Waals surface area contributed by atoms with Gasteiger partial charge in [-0.2, -0.15) is 0 Å². The first-order chi connectivity index (χ1) is 8.66. The Bertz CT molecular complexity index is 405. The number of ether oxygens (including phenoxy) is 1. The highest BCUT2D eigenvalue weighted by Crippen LogP contribution is 2.17. The minimum atomic E-state index is -0.526. The van der Waals surface area contributed by atoms with Gasteiger partial charge in [-0.05, 0) is 31.5 Å². The molecule has 100 valence electrons. The Morgan fingerprint density at radius 1 is 1.28 bits per heavy atom. The van der Waals surface area contributed by atoms with E-state index in [9.17, 15) is 8.78 Å². The van der Waals surface area contributed by atoms with E-state index in [0.717, 1.165) is 19.5 Å². The van der Waals surface area contributed by atoms with Crippen molar-refractivity contribution in [3.63, 3.8) is 0 Å². The lowest BCUT2D eigenvalue weighted by Crippen LogP contribution is -2.19. The SMILES string of the molecule is COCCNCC/C=C/c1c(F)ccc(C)c1F. The number of halogens is 2. The predicted octanol–water partition coefficient (Wildman–Crippen LogP) is 2.91. The summed E-state index contributed by atoms with van der Waals surface area (Å²) < 4.78 is 31.9. The maximum atomic E-state index is 13.6. The topological polar surface area (TPSA) is 21.3 Å². The fraction of sp³-hybridized carbons (Fsp3) is 0.429. The standard InChI is InChI=1S/C14H19F2NO/c1-11-6-7-13(15)12(14(11)16)5-3-4-8-17-9-10-18-2/h3,5-7,17H,4,8-10H2,1-2H3/b5-3+. The average Bonchev–Trinajstić information content (AvgIpc) is 2.36. The van der Waals surface area contributed by atoms with Gasteiger partial charge in [0.15, 0.2) is 0 Å². The van der Waals surface area contributed by atoms with Crippen molar-refractivity contribution in [1.82, 2.24) is 5.32 Å². The van der Waals surface area contributed by atoms with Crippen LogP contribution in [-0.2, 0) is 4.74 Å². The van der Waals surface area contributed by atoms with Crippen LogP contribution in [0.1, 0.15) is 17.5 Å². The number of benzene rings is 1. The molecule has 0 aliphatic heterocycles. The Morgan fingerprint density at radius 3 is 2.78 bits per heavy atom. The Morgan fingerprint density at radius 2 is 2.06 bits per heavy atom. The molecule has 0 amide bonds. The highest BCUT2D eigenvalue weighted by atomic mass is 19.1. The second-order valence-electron chi connectivity index (χ2n) is 4.03. The molecule has 0 aliphatic rings. The van der Waals surface area contributed by atoms with E-state index in [1.165, 1.54) is 18.2 Å². The molecule has 1 aromatic carbocycles. The molecule has 0 aromatic heterocycles. The third kappa shape index (κ3) is 4.55. The van der Waals surface area contributed by atoms with Crippen LogP contribution in [-0.4, -0.2) is 26.8 Å². The van der Waals surface area contributed by atoms with Gasteiger partial charge in [0, 0.05) is 19.2 Å². The largest absolute Gasteiger partial charge is 0.383 e. The zero-order valence-electron chi connectivity index (χ0n) is 10.8. The number of aryl methyl sites for hydroxylation is 1. The lowest BCUT2D eigenvalue weighted by atomic mass is 10.1. The van der Waals surface area contributed by atoms with Gasteiger partial charge in [0.05, 0.1) is 6.61 Å². The van der Waals surface area contributed by atoms with Crippen LogP contribution in [0.3, 0.4) is 0 Å². The normalized spacial score (nSPS) is 11.3. The van der Waals surface area contributed by atoms with Gasteiger partial charge in [-0.1, -0.05) is 18.2 Å². The van der Waals surface area contributed by atoms with Crippen LogP contribution in [0, 0.1) is 18.6 Å². The number of nitrogens with one attached hydrogen (secondary N) is 1. The van der Waals surface area contributed by atoms with Gasteiger partial charge in [-0.15, -0.1) is 0 Å². The smallest absolute Gasteiger partial charge is 0.136 e. The molecule has 2 nitrogen and oxygen atoms in total. The molecule has 1 N–H and O–H groups in total. The Hall–Kier alpha value is -1.26. The van der Waals surface area contributed by atoms with E-state index >= 15 is 0 Å². The van der Waals surface area contributed by atoms with Gasteiger partial charge in [0.2, 0.25) is 0 Å². The maximum Gasteiger partial charge on any atom is 0.136 e. The zero-order valence-corrected chi connectivity index (χ0v) is 10.8. The van der Waals surface area contributed by atoms with Crippen molar-refractivity contribution >= 4 is 6.08 Å². The lowest BCUT2D eigenvalue weighted by molar-refractivity contribution is 0.199. The van der Waals surface area contributed by atoms with E-state index < -0.39 is 11.6 Å². The summed E-state index contributed by atoms with van der Waals surface area (Å²) in [5, 5.41) is 3.15. The van der Waals surface area contributed by atoms with E-state index in [1.807, 2.05) is 0 Å².